The fourth-order valence-corrected chi connectivity index (χ4v) is 4.97. The van der Waals surface area contributed by atoms with Crippen molar-refractivity contribution in [1.29, 1.82) is 0 Å². The van der Waals surface area contributed by atoms with Crippen molar-refractivity contribution in [1.82, 2.24) is 0 Å². The van der Waals surface area contributed by atoms with E-state index in [9.17, 15) is 19.8 Å². The number of fused-ring (bicyclic) bond motifs is 1. The molecule has 0 spiro atoms. The molecule has 0 aliphatic rings. The number of unbranched alkanes of at least 4 members (excludes halogenated alkanes) is 4. The van der Waals surface area contributed by atoms with Crippen LogP contribution in [0.25, 0.3) is 10.8 Å². The van der Waals surface area contributed by atoms with Crippen LogP contribution in [0.4, 0.5) is 0 Å². The number of aromatic carboxylic acids is 2. The molecule has 2 aromatic carbocycles. The minimum absolute atomic E-state index is 0.0692. The van der Waals surface area contributed by atoms with Crippen LogP contribution in [0.1, 0.15) is 136 Å². The van der Waals surface area contributed by atoms with Crippen molar-refractivity contribution in [2.45, 2.75) is 104 Å². The minimum atomic E-state index is -1.04. The molecule has 4 heteroatoms. The average Bonchev–Trinajstić information content (AvgIpc) is 2.78. The van der Waals surface area contributed by atoms with Gasteiger partial charge in [-0.05, 0) is 65.5 Å². The summed E-state index contributed by atoms with van der Waals surface area (Å²) in [5.74, 6) is -1.74. The molecule has 0 fully saturated rings. The van der Waals surface area contributed by atoms with Crippen LogP contribution >= 0.6 is 0 Å². The Balaban J connectivity index is 2.64. The second-order valence-electron chi connectivity index (χ2n) is 9.01. The summed E-state index contributed by atoms with van der Waals surface area (Å²) in [5.41, 5.74) is 1.99. The molecule has 0 radical (unpaired) electrons. The molecule has 4 nitrogen and oxygen atoms in total. The Bertz CT molecular complexity index is 915. The predicted molar refractivity (Wildman–Crippen MR) is 132 cm³/mol. The van der Waals surface area contributed by atoms with Crippen LogP contribution in [-0.4, -0.2) is 22.2 Å². The largest absolute Gasteiger partial charge is 0.478 e. The van der Waals surface area contributed by atoms with Crippen molar-refractivity contribution in [2.75, 3.05) is 0 Å². The van der Waals surface area contributed by atoms with E-state index in [1.54, 1.807) is 6.07 Å². The molecule has 32 heavy (non-hydrogen) atoms. The lowest BCUT2D eigenvalue weighted by molar-refractivity contribution is 0.0695. The molecule has 176 valence electrons. The fraction of sp³-hybridized carbons (Fsp3) is 0.571. The van der Waals surface area contributed by atoms with Gasteiger partial charge < -0.3 is 10.2 Å². The van der Waals surface area contributed by atoms with Crippen LogP contribution in [0, 0.1) is 0 Å². The van der Waals surface area contributed by atoms with E-state index in [2.05, 4.69) is 26.8 Å². The van der Waals surface area contributed by atoms with Gasteiger partial charge in [-0.1, -0.05) is 84.4 Å². The van der Waals surface area contributed by atoms with Gasteiger partial charge in [-0.2, -0.15) is 0 Å². The maximum Gasteiger partial charge on any atom is 0.336 e. The molecule has 0 aliphatic heterocycles. The first-order valence-electron chi connectivity index (χ1n) is 12.5. The lowest BCUT2D eigenvalue weighted by Crippen LogP contribution is -2.15. The number of carboxylic acid groups (broad SMARTS) is 2. The Hall–Kier alpha value is -2.36. The predicted octanol–water partition coefficient (Wildman–Crippen LogP) is 8.38. The van der Waals surface area contributed by atoms with Crippen LogP contribution in [-0.2, 0) is 0 Å². The van der Waals surface area contributed by atoms with Crippen molar-refractivity contribution in [2.24, 2.45) is 0 Å². The molecule has 0 saturated heterocycles. The van der Waals surface area contributed by atoms with Crippen molar-refractivity contribution < 1.29 is 19.8 Å². The summed E-state index contributed by atoms with van der Waals surface area (Å²) >= 11 is 0. The molecule has 2 aromatic rings. The maximum atomic E-state index is 12.4. The third-order valence-electron chi connectivity index (χ3n) is 6.83. The van der Waals surface area contributed by atoms with Crippen molar-refractivity contribution >= 4 is 22.7 Å². The Kier molecular flexibility index (Phi) is 10.2. The molecular formula is C28H40O4. The quantitative estimate of drug-likeness (QED) is 0.289. The summed E-state index contributed by atoms with van der Waals surface area (Å²) < 4.78 is 0. The molecule has 2 N–H and O–H groups in total. The first-order valence-corrected chi connectivity index (χ1v) is 12.5. The van der Waals surface area contributed by atoms with Crippen LogP contribution in [0.15, 0.2) is 24.3 Å². The summed E-state index contributed by atoms with van der Waals surface area (Å²) in [6.07, 6.45) is 10.3. The van der Waals surface area contributed by atoms with E-state index in [0.717, 1.165) is 50.3 Å². The van der Waals surface area contributed by atoms with Gasteiger partial charge in [-0.15, -0.1) is 0 Å². The molecule has 0 bridgehead atoms. The molecule has 2 atom stereocenters. The Morgan fingerprint density at radius 3 is 1.88 bits per heavy atom. The number of carboxylic acids is 2. The third kappa shape index (κ3) is 6.11. The van der Waals surface area contributed by atoms with Crippen molar-refractivity contribution in [3.63, 3.8) is 0 Å². The Labute approximate surface area is 193 Å². The van der Waals surface area contributed by atoms with Gasteiger partial charge in [0, 0.05) is 0 Å². The molecule has 0 amide bonds. The molecule has 2 unspecified atom stereocenters. The first-order chi connectivity index (χ1) is 15.4. The van der Waals surface area contributed by atoms with Gasteiger partial charge in [-0.25, -0.2) is 9.59 Å². The first kappa shape index (κ1) is 25.9. The van der Waals surface area contributed by atoms with Gasteiger partial charge in [0.25, 0.3) is 0 Å². The highest BCUT2D eigenvalue weighted by Crippen LogP contribution is 2.38. The van der Waals surface area contributed by atoms with E-state index in [1.807, 2.05) is 19.1 Å². The molecule has 2 rings (SSSR count). The van der Waals surface area contributed by atoms with E-state index < -0.39 is 11.9 Å². The standard InChI is InChI=1S/C28H40O4/c1-5-9-11-13-19(7-3)21-15-16-23-22(17-21)18-24(27(29)30)25(26(23)28(31)32)20(8-4)14-12-10-6-2/h15-20H,5-14H2,1-4H3,(H,29,30)(H,31,32). The second kappa shape index (κ2) is 12.6. The third-order valence-corrected chi connectivity index (χ3v) is 6.83. The van der Waals surface area contributed by atoms with Crippen LogP contribution in [0.2, 0.25) is 0 Å². The number of rotatable bonds is 14. The van der Waals surface area contributed by atoms with Crippen LogP contribution < -0.4 is 0 Å². The highest BCUT2D eigenvalue weighted by atomic mass is 16.4. The van der Waals surface area contributed by atoms with Gasteiger partial charge in [0.2, 0.25) is 0 Å². The summed E-state index contributed by atoms with van der Waals surface area (Å²) in [7, 11) is 0. The summed E-state index contributed by atoms with van der Waals surface area (Å²) in [5, 5.41) is 21.6. The smallest absolute Gasteiger partial charge is 0.336 e. The number of carbonyl (C=O) groups is 2. The van der Waals surface area contributed by atoms with Gasteiger partial charge >= 0.3 is 11.9 Å². The highest BCUT2D eigenvalue weighted by Gasteiger charge is 2.27. The summed E-state index contributed by atoms with van der Waals surface area (Å²) in [4.78, 5) is 24.7. The number of benzene rings is 2. The molecule has 0 aromatic heterocycles. The van der Waals surface area contributed by atoms with Crippen molar-refractivity contribution in [3.8, 4) is 0 Å². The molecule has 0 aliphatic carbocycles. The zero-order chi connectivity index (χ0) is 23.7. The topological polar surface area (TPSA) is 74.6 Å². The van der Waals surface area contributed by atoms with Gasteiger partial charge in [-0.3, -0.25) is 0 Å². The van der Waals surface area contributed by atoms with Gasteiger partial charge in [0.1, 0.15) is 0 Å². The SMILES string of the molecule is CCCCCC(CC)c1ccc2c(C(=O)O)c(C(CC)CCCCC)c(C(=O)O)cc2c1. The number of hydrogen-bond acceptors (Lipinski definition) is 2. The minimum Gasteiger partial charge on any atom is -0.478 e. The van der Waals surface area contributed by atoms with E-state index in [-0.39, 0.29) is 17.0 Å². The molecular weight excluding hydrogens is 400 g/mol. The Morgan fingerprint density at radius 1 is 0.781 bits per heavy atom. The van der Waals surface area contributed by atoms with Crippen LogP contribution in [0.5, 0.6) is 0 Å². The fourth-order valence-electron chi connectivity index (χ4n) is 4.97. The lowest BCUT2D eigenvalue weighted by atomic mass is 9.81. The summed E-state index contributed by atoms with van der Waals surface area (Å²) in [6.45, 7) is 8.52. The zero-order valence-electron chi connectivity index (χ0n) is 20.2. The highest BCUT2D eigenvalue weighted by molar-refractivity contribution is 6.09. The van der Waals surface area contributed by atoms with E-state index >= 15 is 0 Å². The van der Waals surface area contributed by atoms with E-state index in [4.69, 9.17) is 0 Å². The summed E-state index contributed by atoms with van der Waals surface area (Å²) in [6, 6.07) is 7.70. The van der Waals surface area contributed by atoms with E-state index in [0.29, 0.717) is 16.9 Å². The Morgan fingerprint density at radius 2 is 1.38 bits per heavy atom. The maximum absolute atomic E-state index is 12.4. The zero-order valence-corrected chi connectivity index (χ0v) is 20.2. The van der Waals surface area contributed by atoms with Gasteiger partial charge in [0.05, 0.1) is 11.1 Å². The van der Waals surface area contributed by atoms with Crippen molar-refractivity contribution in [3.05, 3.63) is 46.5 Å². The average molecular weight is 441 g/mol. The molecule has 0 saturated carbocycles. The van der Waals surface area contributed by atoms with Gasteiger partial charge in [0.15, 0.2) is 0 Å². The number of hydrogen-bond donors (Lipinski definition) is 2. The molecule has 0 heterocycles. The normalized spacial score (nSPS) is 13.2. The lowest BCUT2D eigenvalue weighted by Gasteiger charge is -2.23. The van der Waals surface area contributed by atoms with Crippen LogP contribution in [0.3, 0.4) is 0 Å². The second-order valence-corrected chi connectivity index (χ2v) is 9.01. The van der Waals surface area contributed by atoms with E-state index in [1.165, 1.54) is 24.8 Å². The monoisotopic (exact) mass is 440 g/mol.